The van der Waals surface area contributed by atoms with Crippen molar-refractivity contribution in [3.05, 3.63) is 52.4 Å². The number of rotatable bonds is 7. The van der Waals surface area contributed by atoms with Gasteiger partial charge in [0.25, 0.3) is 0 Å². The van der Waals surface area contributed by atoms with Crippen molar-refractivity contribution in [2.45, 2.75) is 19.6 Å². The van der Waals surface area contributed by atoms with Crippen molar-refractivity contribution in [1.29, 1.82) is 0 Å². The maximum atomic E-state index is 12.1. The van der Waals surface area contributed by atoms with Gasteiger partial charge in [0, 0.05) is 0 Å². The second-order valence-electron chi connectivity index (χ2n) is 5.41. The van der Waals surface area contributed by atoms with Crippen molar-refractivity contribution in [1.82, 2.24) is 0 Å². The van der Waals surface area contributed by atoms with E-state index in [2.05, 4.69) is 5.32 Å². The number of sulfone groups is 1. The standard InChI is InChI=1S/C17H19NO5S2/c1-3-23-17(20)16-12(2)9-15(24-16)18-14(19)11-25(21,22)10-13-7-5-4-6-8-13/h4-9H,3,10-11H2,1-2H3,(H,18,19). The summed E-state index contributed by atoms with van der Waals surface area (Å²) in [6.07, 6.45) is 0. The molecule has 1 N–H and O–H groups in total. The molecule has 8 heteroatoms. The number of thiophene rings is 1. The lowest BCUT2D eigenvalue weighted by Crippen LogP contribution is -2.23. The largest absolute Gasteiger partial charge is 0.462 e. The zero-order valence-corrected chi connectivity index (χ0v) is 15.6. The van der Waals surface area contributed by atoms with Crippen molar-refractivity contribution in [3.8, 4) is 0 Å². The highest BCUT2D eigenvalue weighted by atomic mass is 32.2. The first-order valence-corrected chi connectivity index (χ1v) is 10.3. The van der Waals surface area contributed by atoms with E-state index < -0.39 is 27.5 Å². The van der Waals surface area contributed by atoms with Gasteiger partial charge in [-0.25, -0.2) is 13.2 Å². The SMILES string of the molecule is CCOC(=O)c1sc(NC(=O)CS(=O)(=O)Cc2ccccc2)cc1C. The normalized spacial score (nSPS) is 11.1. The number of amides is 1. The predicted molar refractivity (Wildman–Crippen MR) is 97.6 cm³/mol. The minimum absolute atomic E-state index is 0.196. The molecule has 0 fully saturated rings. The summed E-state index contributed by atoms with van der Waals surface area (Å²) in [7, 11) is -3.58. The maximum Gasteiger partial charge on any atom is 0.348 e. The van der Waals surface area contributed by atoms with Crippen molar-refractivity contribution >= 4 is 38.1 Å². The molecular formula is C17H19NO5S2. The van der Waals surface area contributed by atoms with E-state index in [1.807, 2.05) is 0 Å². The van der Waals surface area contributed by atoms with Crippen LogP contribution < -0.4 is 5.32 Å². The molecule has 1 aromatic carbocycles. The van der Waals surface area contributed by atoms with Gasteiger partial charge in [-0.05, 0) is 31.0 Å². The number of carbonyl (C=O) groups excluding carboxylic acids is 2. The Hall–Kier alpha value is -2.19. The van der Waals surface area contributed by atoms with Crippen molar-refractivity contribution in [2.75, 3.05) is 17.7 Å². The first-order valence-electron chi connectivity index (χ1n) is 7.62. The van der Waals surface area contributed by atoms with Gasteiger partial charge in [0.05, 0.1) is 17.4 Å². The lowest BCUT2D eigenvalue weighted by atomic mass is 10.2. The quantitative estimate of drug-likeness (QED) is 0.745. The number of benzene rings is 1. The molecule has 6 nitrogen and oxygen atoms in total. The summed E-state index contributed by atoms with van der Waals surface area (Å²) < 4.78 is 29.2. The fourth-order valence-corrected chi connectivity index (χ4v) is 4.45. The van der Waals surface area contributed by atoms with Gasteiger partial charge in [-0.15, -0.1) is 11.3 Å². The number of ether oxygens (including phenoxy) is 1. The molecule has 25 heavy (non-hydrogen) atoms. The number of hydrogen-bond acceptors (Lipinski definition) is 6. The number of nitrogens with one attached hydrogen (secondary N) is 1. The Labute approximate surface area is 150 Å². The average molecular weight is 381 g/mol. The Morgan fingerprint density at radius 3 is 2.52 bits per heavy atom. The van der Waals surface area contributed by atoms with Crippen LogP contribution in [0.15, 0.2) is 36.4 Å². The molecule has 0 aliphatic rings. The molecule has 1 heterocycles. The van der Waals surface area contributed by atoms with Gasteiger partial charge in [0.15, 0.2) is 9.84 Å². The second kappa shape index (κ2) is 8.26. The topological polar surface area (TPSA) is 89.5 Å². The highest BCUT2D eigenvalue weighted by molar-refractivity contribution is 7.91. The van der Waals surface area contributed by atoms with Crippen LogP contribution in [0.5, 0.6) is 0 Å². The summed E-state index contributed by atoms with van der Waals surface area (Å²) in [5.41, 5.74) is 1.30. The molecule has 0 saturated heterocycles. The summed E-state index contributed by atoms with van der Waals surface area (Å²) in [6, 6.07) is 10.3. The number of carbonyl (C=O) groups is 2. The Kier molecular flexibility index (Phi) is 6.33. The van der Waals surface area contributed by atoms with Gasteiger partial charge in [-0.3, -0.25) is 4.79 Å². The van der Waals surface area contributed by atoms with E-state index in [1.54, 1.807) is 50.2 Å². The molecule has 134 valence electrons. The molecular weight excluding hydrogens is 362 g/mol. The number of hydrogen-bond donors (Lipinski definition) is 1. The molecule has 0 unspecified atom stereocenters. The first kappa shape index (κ1) is 19.1. The van der Waals surface area contributed by atoms with Crippen LogP contribution in [0, 0.1) is 6.92 Å². The number of anilines is 1. The number of aryl methyl sites for hydroxylation is 1. The summed E-state index contributed by atoms with van der Waals surface area (Å²) in [4.78, 5) is 24.2. The molecule has 2 aromatic rings. The second-order valence-corrected chi connectivity index (χ2v) is 8.53. The van der Waals surface area contributed by atoms with Gasteiger partial charge >= 0.3 is 5.97 Å². The molecule has 0 radical (unpaired) electrons. The van der Waals surface area contributed by atoms with Crippen LogP contribution in [-0.4, -0.2) is 32.7 Å². The molecule has 1 amide bonds. The molecule has 2 rings (SSSR count). The molecule has 0 spiro atoms. The van der Waals surface area contributed by atoms with E-state index >= 15 is 0 Å². The predicted octanol–water partition coefficient (Wildman–Crippen LogP) is 2.79. The summed E-state index contributed by atoms with van der Waals surface area (Å²) in [5, 5.41) is 2.95. The van der Waals surface area contributed by atoms with Gasteiger partial charge in [-0.2, -0.15) is 0 Å². The van der Waals surface area contributed by atoms with Crippen molar-refractivity contribution in [3.63, 3.8) is 0 Å². The third kappa shape index (κ3) is 5.68. The number of esters is 1. The van der Waals surface area contributed by atoms with Gasteiger partial charge in [0.1, 0.15) is 10.6 Å². The van der Waals surface area contributed by atoms with Crippen LogP contribution in [0.4, 0.5) is 5.00 Å². The van der Waals surface area contributed by atoms with Crippen LogP contribution >= 0.6 is 11.3 Å². The van der Waals surface area contributed by atoms with Crippen LogP contribution in [0.25, 0.3) is 0 Å². The van der Waals surface area contributed by atoms with Crippen molar-refractivity contribution < 1.29 is 22.7 Å². The Morgan fingerprint density at radius 1 is 1.20 bits per heavy atom. The van der Waals surface area contributed by atoms with Gasteiger partial charge in [-0.1, -0.05) is 30.3 Å². The monoisotopic (exact) mass is 381 g/mol. The van der Waals surface area contributed by atoms with Crippen LogP contribution in [0.3, 0.4) is 0 Å². The minimum atomic E-state index is -3.58. The maximum absolute atomic E-state index is 12.1. The zero-order chi connectivity index (χ0) is 18.4. The van der Waals surface area contributed by atoms with E-state index in [4.69, 9.17) is 4.74 Å². The van der Waals surface area contributed by atoms with E-state index in [0.717, 1.165) is 11.3 Å². The molecule has 0 bridgehead atoms. The Balaban J connectivity index is 2.00. The summed E-state index contributed by atoms with van der Waals surface area (Å²) >= 11 is 1.06. The zero-order valence-electron chi connectivity index (χ0n) is 13.9. The van der Waals surface area contributed by atoms with E-state index in [-0.39, 0.29) is 12.4 Å². The molecule has 0 aliphatic carbocycles. The van der Waals surface area contributed by atoms with Gasteiger partial charge < -0.3 is 10.1 Å². The van der Waals surface area contributed by atoms with E-state index in [1.165, 1.54) is 0 Å². The minimum Gasteiger partial charge on any atom is -0.462 e. The lowest BCUT2D eigenvalue weighted by Gasteiger charge is -2.05. The third-order valence-corrected chi connectivity index (χ3v) is 5.83. The molecule has 0 saturated carbocycles. The first-order chi connectivity index (χ1) is 11.8. The van der Waals surface area contributed by atoms with Crippen molar-refractivity contribution in [2.24, 2.45) is 0 Å². The third-order valence-electron chi connectivity index (χ3n) is 3.22. The highest BCUT2D eigenvalue weighted by Crippen LogP contribution is 2.27. The average Bonchev–Trinajstić information content (AvgIpc) is 2.87. The highest BCUT2D eigenvalue weighted by Gasteiger charge is 2.20. The lowest BCUT2D eigenvalue weighted by molar-refractivity contribution is -0.113. The van der Waals surface area contributed by atoms with Crippen LogP contribution in [0.1, 0.15) is 27.7 Å². The van der Waals surface area contributed by atoms with E-state index in [0.29, 0.717) is 21.0 Å². The molecule has 0 atom stereocenters. The smallest absolute Gasteiger partial charge is 0.348 e. The van der Waals surface area contributed by atoms with Crippen LogP contribution in [0.2, 0.25) is 0 Å². The van der Waals surface area contributed by atoms with Crippen LogP contribution in [-0.2, 0) is 25.1 Å². The van der Waals surface area contributed by atoms with E-state index in [9.17, 15) is 18.0 Å². The molecule has 0 aliphatic heterocycles. The van der Waals surface area contributed by atoms with Gasteiger partial charge in [0.2, 0.25) is 5.91 Å². The molecule has 1 aromatic heterocycles. The summed E-state index contributed by atoms with van der Waals surface area (Å²) in [5.74, 6) is -1.90. The fraction of sp³-hybridized carbons (Fsp3) is 0.294. The fourth-order valence-electron chi connectivity index (χ4n) is 2.20. The summed E-state index contributed by atoms with van der Waals surface area (Å²) in [6.45, 7) is 3.70. The Morgan fingerprint density at radius 2 is 1.88 bits per heavy atom. The Bertz CT molecular complexity index is 856.